The zero-order valence-corrected chi connectivity index (χ0v) is 11.6. The normalized spacial score (nSPS) is 20.6. The lowest BCUT2D eigenvalue weighted by Crippen LogP contribution is -2.29. The van der Waals surface area contributed by atoms with Crippen molar-refractivity contribution in [3.63, 3.8) is 0 Å². The molecular weight excluding hydrogens is 253 g/mol. The van der Waals surface area contributed by atoms with Crippen LogP contribution in [0.25, 0.3) is 11.0 Å². The third-order valence-electron chi connectivity index (χ3n) is 4.57. The molecule has 1 N–H and O–H groups in total. The SMILES string of the molecule is Fc1ccc2c(c1)nc(CC1CCNCC1)n2C1CC1. The van der Waals surface area contributed by atoms with E-state index in [0.29, 0.717) is 6.04 Å². The maximum absolute atomic E-state index is 13.4. The first-order valence-electron chi connectivity index (χ1n) is 7.68. The van der Waals surface area contributed by atoms with E-state index in [1.54, 1.807) is 12.1 Å². The summed E-state index contributed by atoms with van der Waals surface area (Å²) >= 11 is 0. The first-order chi connectivity index (χ1) is 9.81. The van der Waals surface area contributed by atoms with E-state index in [1.807, 2.05) is 6.07 Å². The van der Waals surface area contributed by atoms with E-state index in [0.717, 1.165) is 36.5 Å². The van der Waals surface area contributed by atoms with E-state index >= 15 is 0 Å². The van der Waals surface area contributed by atoms with Crippen LogP contribution >= 0.6 is 0 Å². The van der Waals surface area contributed by atoms with Crippen LogP contribution in [0, 0.1) is 11.7 Å². The monoisotopic (exact) mass is 273 g/mol. The van der Waals surface area contributed by atoms with Crippen molar-refractivity contribution in [2.45, 2.75) is 38.1 Å². The molecule has 0 amide bonds. The summed E-state index contributed by atoms with van der Waals surface area (Å²) in [6.45, 7) is 2.23. The number of hydrogen-bond donors (Lipinski definition) is 1. The molecule has 106 valence electrons. The Morgan fingerprint density at radius 1 is 1.20 bits per heavy atom. The Bertz CT molecular complexity index is 624. The van der Waals surface area contributed by atoms with Gasteiger partial charge in [0.1, 0.15) is 11.6 Å². The zero-order chi connectivity index (χ0) is 13.5. The van der Waals surface area contributed by atoms with E-state index in [-0.39, 0.29) is 5.82 Å². The van der Waals surface area contributed by atoms with Gasteiger partial charge in [-0.2, -0.15) is 0 Å². The van der Waals surface area contributed by atoms with Crippen LogP contribution in [-0.4, -0.2) is 22.6 Å². The fourth-order valence-electron chi connectivity index (χ4n) is 3.35. The molecule has 1 saturated carbocycles. The van der Waals surface area contributed by atoms with Gasteiger partial charge in [-0.1, -0.05) is 0 Å². The molecule has 0 atom stereocenters. The summed E-state index contributed by atoms with van der Waals surface area (Å²) in [6, 6.07) is 5.61. The van der Waals surface area contributed by atoms with Crippen molar-refractivity contribution in [3.8, 4) is 0 Å². The molecule has 3 nitrogen and oxygen atoms in total. The third kappa shape index (κ3) is 2.22. The molecule has 2 fully saturated rings. The Hall–Kier alpha value is -1.42. The summed E-state index contributed by atoms with van der Waals surface area (Å²) < 4.78 is 15.8. The molecule has 20 heavy (non-hydrogen) atoms. The van der Waals surface area contributed by atoms with Gasteiger partial charge in [0.05, 0.1) is 11.0 Å². The first kappa shape index (κ1) is 12.3. The molecule has 2 aliphatic rings. The number of benzene rings is 1. The predicted octanol–water partition coefficient (Wildman–Crippen LogP) is 3.05. The van der Waals surface area contributed by atoms with Crippen molar-refractivity contribution < 1.29 is 4.39 Å². The number of piperidine rings is 1. The van der Waals surface area contributed by atoms with Crippen molar-refractivity contribution in [1.82, 2.24) is 14.9 Å². The van der Waals surface area contributed by atoms with E-state index in [9.17, 15) is 4.39 Å². The lowest BCUT2D eigenvalue weighted by Gasteiger charge is -2.22. The van der Waals surface area contributed by atoms with E-state index < -0.39 is 0 Å². The molecule has 0 unspecified atom stereocenters. The van der Waals surface area contributed by atoms with Crippen LogP contribution in [0.15, 0.2) is 18.2 Å². The second-order valence-corrected chi connectivity index (χ2v) is 6.16. The fraction of sp³-hybridized carbons (Fsp3) is 0.562. The number of hydrogen-bond acceptors (Lipinski definition) is 2. The van der Waals surface area contributed by atoms with Gasteiger partial charge in [0.2, 0.25) is 0 Å². The van der Waals surface area contributed by atoms with Crippen LogP contribution in [0.1, 0.15) is 37.5 Å². The van der Waals surface area contributed by atoms with E-state index in [1.165, 1.54) is 31.5 Å². The molecule has 1 saturated heterocycles. The van der Waals surface area contributed by atoms with Gasteiger partial charge in [0.25, 0.3) is 0 Å². The van der Waals surface area contributed by atoms with Gasteiger partial charge in [-0.25, -0.2) is 9.37 Å². The van der Waals surface area contributed by atoms with Crippen LogP contribution < -0.4 is 5.32 Å². The Morgan fingerprint density at radius 2 is 2.00 bits per heavy atom. The summed E-state index contributed by atoms with van der Waals surface area (Å²) in [5, 5.41) is 3.41. The lowest BCUT2D eigenvalue weighted by molar-refractivity contribution is 0.363. The standard InChI is InChI=1S/C16H20FN3/c17-12-1-4-15-14(10-12)19-16(20(15)13-2-3-13)9-11-5-7-18-8-6-11/h1,4,10-11,13,18H,2-3,5-9H2. The van der Waals surface area contributed by atoms with Gasteiger partial charge < -0.3 is 9.88 Å². The average molecular weight is 273 g/mol. The lowest BCUT2D eigenvalue weighted by atomic mass is 9.94. The number of halogens is 1. The van der Waals surface area contributed by atoms with Crippen LogP contribution in [0.3, 0.4) is 0 Å². The van der Waals surface area contributed by atoms with Crippen molar-refractivity contribution in [3.05, 3.63) is 29.8 Å². The molecule has 1 aromatic heterocycles. The van der Waals surface area contributed by atoms with Gasteiger partial charge in [0, 0.05) is 18.5 Å². The first-order valence-corrected chi connectivity index (χ1v) is 7.68. The van der Waals surface area contributed by atoms with Crippen LogP contribution in [0.5, 0.6) is 0 Å². The van der Waals surface area contributed by atoms with E-state index in [4.69, 9.17) is 4.98 Å². The number of imidazole rings is 1. The highest BCUT2D eigenvalue weighted by Crippen LogP contribution is 2.39. The summed E-state index contributed by atoms with van der Waals surface area (Å²) in [4.78, 5) is 4.73. The molecular formula is C16H20FN3. The third-order valence-corrected chi connectivity index (χ3v) is 4.57. The molecule has 4 heteroatoms. The summed E-state index contributed by atoms with van der Waals surface area (Å²) in [5.41, 5.74) is 1.93. The Labute approximate surface area is 118 Å². The summed E-state index contributed by atoms with van der Waals surface area (Å²) in [6.07, 6.45) is 5.96. The Morgan fingerprint density at radius 3 is 2.75 bits per heavy atom. The second-order valence-electron chi connectivity index (χ2n) is 6.16. The minimum Gasteiger partial charge on any atom is -0.325 e. The molecule has 0 spiro atoms. The number of fused-ring (bicyclic) bond motifs is 1. The number of aromatic nitrogens is 2. The minimum atomic E-state index is -0.189. The molecule has 1 aliphatic carbocycles. The maximum atomic E-state index is 13.4. The van der Waals surface area contributed by atoms with Gasteiger partial charge in [-0.15, -0.1) is 0 Å². The van der Waals surface area contributed by atoms with Gasteiger partial charge >= 0.3 is 0 Å². The smallest absolute Gasteiger partial charge is 0.125 e. The summed E-state index contributed by atoms with van der Waals surface area (Å²) in [5.74, 6) is 1.70. The topological polar surface area (TPSA) is 29.9 Å². The largest absolute Gasteiger partial charge is 0.325 e. The molecule has 1 aliphatic heterocycles. The highest BCUT2D eigenvalue weighted by atomic mass is 19.1. The average Bonchev–Trinajstić information content (AvgIpc) is 3.22. The number of rotatable bonds is 3. The minimum absolute atomic E-state index is 0.189. The number of nitrogens with one attached hydrogen (secondary N) is 1. The number of nitrogens with zero attached hydrogens (tertiary/aromatic N) is 2. The highest BCUT2D eigenvalue weighted by molar-refractivity contribution is 5.76. The zero-order valence-electron chi connectivity index (χ0n) is 11.6. The molecule has 4 rings (SSSR count). The van der Waals surface area contributed by atoms with Crippen LogP contribution in [0.2, 0.25) is 0 Å². The molecule has 0 radical (unpaired) electrons. The molecule has 1 aromatic carbocycles. The maximum Gasteiger partial charge on any atom is 0.125 e. The van der Waals surface area contributed by atoms with Gasteiger partial charge in [0.15, 0.2) is 0 Å². The van der Waals surface area contributed by atoms with Crippen LogP contribution in [-0.2, 0) is 6.42 Å². The molecule has 2 heterocycles. The van der Waals surface area contributed by atoms with Crippen molar-refractivity contribution in [2.24, 2.45) is 5.92 Å². The quantitative estimate of drug-likeness (QED) is 0.931. The Balaban J connectivity index is 1.71. The van der Waals surface area contributed by atoms with Crippen molar-refractivity contribution >= 4 is 11.0 Å². The van der Waals surface area contributed by atoms with Crippen molar-refractivity contribution in [2.75, 3.05) is 13.1 Å². The summed E-state index contributed by atoms with van der Waals surface area (Å²) in [7, 11) is 0. The predicted molar refractivity (Wildman–Crippen MR) is 77.3 cm³/mol. The van der Waals surface area contributed by atoms with Crippen LogP contribution in [0.4, 0.5) is 4.39 Å². The van der Waals surface area contributed by atoms with E-state index in [2.05, 4.69) is 9.88 Å². The molecule has 0 bridgehead atoms. The fourth-order valence-corrected chi connectivity index (χ4v) is 3.35. The second kappa shape index (κ2) is 4.85. The van der Waals surface area contributed by atoms with Gasteiger partial charge in [-0.05, 0) is 56.8 Å². The highest BCUT2D eigenvalue weighted by Gasteiger charge is 2.29. The van der Waals surface area contributed by atoms with Gasteiger partial charge in [-0.3, -0.25) is 0 Å². The molecule has 2 aromatic rings. The van der Waals surface area contributed by atoms with Crippen molar-refractivity contribution in [1.29, 1.82) is 0 Å². The Kier molecular flexibility index (Phi) is 2.99.